The van der Waals surface area contributed by atoms with Crippen LogP contribution >= 0.6 is 0 Å². The number of hydrogen-bond acceptors (Lipinski definition) is 0. The van der Waals surface area contributed by atoms with Gasteiger partial charge in [0.15, 0.2) is 0 Å². The van der Waals surface area contributed by atoms with Crippen LogP contribution in [-0.4, -0.2) is 5.92 Å². The van der Waals surface area contributed by atoms with Crippen LogP contribution in [0.4, 0.5) is 8.78 Å². The molecule has 1 saturated carbocycles. The maximum atomic E-state index is 12.4. The minimum Gasteiger partial charge on any atom is -0.207 e. The molecule has 2 heteroatoms. The van der Waals surface area contributed by atoms with Gasteiger partial charge < -0.3 is 0 Å². The smallest absolute Gasteiger partial charge is 0.207 e. The number of rotatable bonds is 2. The molecule has 0 aromatic rings. The first-order chi connectivity index (χ1) is 4.45. The van der Waals surface area contributed by atoms with E-state index in [0.29, 0.717) is 5.92 Å². The average molecular weight is 148 g/mol. The first kappa shape index (κ1) is 7.96. The molecule has 0 aromatic carbocycles. The molecule has 10 heavy (non-hydrogen) atoms. The van der Waals surface area contributed by atoms with Crippen molar-refractivity contribution in [3.8, 4) is 0 Å². The molecule has 0 saturated heterocycles. The molecular formula is C8H14F2. The molecule has 0 aromatic heterocycles. The Labute approximate surface area is 60.6 Å². The van der Waals surface area contributed by atoms with Crippen molar-refractivity contribution in [1.82, 2.24) is 0 Å². The maximum Gasteiger partial charge on any atom is 0.251 e. The van der Waals surface area contributed by atoms with Crippen molar-refractivity contribution in [1.29, 1.82) is 0 Å². The summed E-state index contributed by atoms with van der Waals surface area (Å²) in [5, 5.41) is 0. The summed E-state index contributed by atoms with van der Waals surface area (Å²) in [6, 6.07) is 0. The Kier molecular flexibility index (Phi) is 1.73. The topological polar surface area (TPSA) is 0 Å². The Hall–Kier alpha value is -0.140. The van der Waals surface area contributed by atoms with Crippen molar-refractivity contribution in [3.05, 3.63) is 0 Å². The molecule has 0 aliphatic heterocycles. The maximum absolute atomic E-state index is 12.4. The summed E-state index contributed by atoms with van der Waals surface area (Å²) in [5.41, 5.74) is 0. The van der Waals surface area contributed by atoms with Crippen LogP contribution in [0.15, 0.2) is 0 Å². The average Bonchev–Trinajstić information content (AvgIpc) is 2.38. The molecule has 0 radical (unpaired) electrons. The molecule has 0 N–H and O–H groups in total. The van der Waals surface area contributed by atoms with Gasteiger partial charge in [-0.2, -0.15) is 0 Å². The second-order valence-electron chi connectivity index (χ2n) is 3.67. The van der Waals surface area contributed by atoms with Gasteiger partial charge in [0, 0.05) is 12.3 Å². The van der Waals surface area contributed by atoms with E-state index in [1.54, 1.807) is 0 Å². The summed E-state index contributed by atoms with van der Waals surface area (Å²) in [7, 11) is 0. The third kappa shape index (κ3) is 1.30. The normalized spacial score (nSPS) is 32.4. The van der Waals surface area contributed by atoms with Crippen molar-refractivity contribution in [3.63, 3.8) is 0 Å². The Morgan fingerprint density at radius 2 is 1.70 bits per heavy atom. The van der Waals surface area contributed by atoms with E-state index in [0.717, 1.165) is 0 Å². The molecule has 1 fully saturated rings. The molecule has 0 heterocycles. The first-order valence-corrected chi connectivity index (χ1v) is 3.83. The summed E-state index contributed by atoms with van der Waals surface area (Å²) >= 11 is 0. The lowest BCUT2D eigenvalue weighted by Gasteiger charge is -2.13. The Morgan fingerprint density at radius 3 is 1.80 bits per heavy atom. The van der Waals surface area contributed by atoms with Gasteiger partial charge >= 0.3 is 0 Å². The Bertz CT molecular complexity index is 129. The molecule has 2 unspecified atom stereocenters. The molecule has 1 aliphatic rings. The lowest BCUT2D eigenvalue weighted by Crippen LogP contribution is -2.10. The van der Waals surface area contributed by atoms with Crippen LogP contribution in [0.5, 0.6) is 0 Å². The second-order valence-corrected chi connectivity index (χ2v) is 3.67. The predicted molar refractivity (Wildman–Crippen MR) is 37.1 cm³/mol. The van der Waals surface area contributed by atoms with Crippen LogP contribution in [0.25, 0.3) is 0 Å². The van der Waals surface area contributed by atoms with E-state index in [9.17, 15) is 8.78 Å². The summed E-state index contributed by atoms with van der Waals surface area (Å²) < 4.78 is 24.8. The zero-order chi connectivity index (χ0) is 7.94. The molecule has 0 amide bonds. The van der Waals surface area contributed by atoms with Crippen molar-refractivity contribution < 1.29 is 8.78 Å². The largest absolute Gasteiger partial charge is 0.251 e. The van der Waals surface area contributed by atoms with Gasteiger partial charge in [-0.3, -0.25) is 0 Å². The molecule has 2 atom stereocenters. The molecule has 0 nitrogen and oxygen atoms in total. The molecule has 0 spiro atoms. The third-order valence-electron chi connectivity index (χ3n) is 2.56. The van der Waals surface area contributed by atoms with Gasteiger partial charge in [-0.15, -0.1) is 0 Å². The lowest BCUT2D eigenvalue weighted by molar-refractivity contribution is 0.0802. The summed E-state index contributed by atoms with van der Waals surface area (Å²) in [4.78, 5) is 0. The van der Waals surface area contributed by atoms with Crippen LogP contribution in [-0.2, 0) is 0 Å². The van der Waals surface area contributed by atoms with E-state index < -0.39 is 5.92 Å². The van der Waals surface area contributed by atoms with Crippen LogP contribution < -0.4 is 0 Å². The Balaban J connectivity index is 2.40. The van der Waals surface area contributed by atoms with Gasteiger partial charge in [0.05, 0.1) is 0 Å². The van der Waals surface area contributed by atoms with Gasteiger partial charge in [0.25, 0.3) is 5.92 Å². The van der Waals surface area contributed by atoms with Gasteiger partial charge in [-0.25, -0.2) is 8.78 Å². The standard InChI is InChI=1S/C8H14F2/c1-5(2)6(3)7-4-8(7,9)10/h5-7H,4H2,1-3H3. The molecule has 0 bridgehead atoms. The van der Waals surface area contributed by atoms with Crippen LogP contribution in [0.3, 0.4) is 0 Å². The van der Waals surface area contributed by atoms with Crippen LogP contribution in [0, 0.1) is 17.8 Å². The van der Waals surface area contributed by atoms with Crippen LogP contribution in [0.2, 0.25) is 0 Å². The van der Waals surface area contributed by atoms with Crippen LogP contribution in [0.1, 0.15) is 27.2 Å². The fourth-order valence-corrected chi connectivity index (χ4v) is 1.27. The fraction of sp³-hybridized carbons (Fsp3) is 1.00. The number of halogens is 2. The van der Waals surface area contributed by atoms with Gasteiger partial charge in [0.1, 0.15) is 0 Å². The highest BCUT2D eigenvalue weighted by Gasteiger charge is 2.59. The minimum absolute atomic E-state index is 0.117. The second kappa shape index (κ2) is 2.18. The highest BCUT2D eigenvalue weighted by atomic mass is 19.3. The number of alkyl halides is 2. The highest BCUT2D eigenvalue weighted by Crippen LogP contribution is 2.54. The quantitative estimate of drug-likeness (QED) is 0.564. The zero-order valence-electron chi connectivity index (χ0n) is 6.70. The van der Waals surface area contributed by atoms with E-state index in [1.807, 2.05) is 20.8 Å². The van der Waals surface area contributed by atoms with Gasteiger partial charge in [-0.05, 0) is 11.8 Å². The molecule has 1 aliphatic carbocycles. The first-order valence-electron chi connectivity index (χ1n) is 3.83. The van der Waals surface area contributed by atoms with Gasteiger partial charge in [-0.1, -0.05) is 20.8 Å². The van der Waals surface area contributed by atoms with E-state index in [2.05, 4.69) is 0 Å². The Morgan fingerprint density at radius 1 is 1.30 bits per heavy atom. The molecule has 60 valence electrons. The SMILES string of the molecule is CC(C)C(C)C1CC1(F)F. The highest BCUT2D eigenvalue weighted by molar-refractivity contribution is 4.98. The summed E-state index contributed by atoms with van der Waals surface area (Å²) in [5.74, 6) is -2.09. The monoisotopic (exact) mass is 148 g/mol. The van der Waals surface area contributed by atoms with E-state index >= 15 is 0 Å². The fourth-order valence-electron chi connectivity index (χ4n) is 1.27. The van der Waals surface area contributed by atoms with E-state index in [1.165, 1.54) is 0 Å². The summed E-state index contributed by atoms with van der Waals surface area (Å²) in [6.07, 6.45) is 0.117. The minimum atomic E-state index is -2.33. The zero-order valence-corrected chi connectivity index (χ0v) is 6.70. The predicted octanol–water partition coefficient (Wildman–Crippen LogP) is 2.93. The van der Waals surface area contributed by atoms with E-state index in [4.69, 9.17) is 0 Å². The summed E-state index contributed by atoms with van der Waals surface area (Å²) in [6.45, 7) is 5.91. The van der Waals surface area contributed by atoms with Crippen molar-refractivity contribution >= 4 is 0 Å². The lowest BCUT2D eigenvalue weighted by atomic mass is 9.93. The molecule has 1 rings (SSSR count). The molecular weight excluding hydrogens is 134 g/mol. The van der Waals surface area contributed by atoms with Gasteiger partial charge in [0.2, 0.25) is 0 Å². The number of hydrogen-bond donors (Lipinski definition) is 0. The van der Waals surface area contributed by atoms with Crippen molar-refractivity contribution in [2.75, 3.05) is 0 Å². The van der Waals surface area contributed by atoms with E-state index in [-0.39, 0.29) is 18.3 Å². The van der Waals surface area contributed by atoms with Crippen molar-refractivity contribution in [2.24, 2.45) is 17.8 Å². The van der Waals surface area contributed by atoms with Crippen molar-refractivity contribution in [2.45, 2.75) is 33.1 Å². The third-order valence-corrected chi connectivity index (χ3v) is 2.56.